The van der Waals surface area contributed by atoms with E-state index in [1.54, 1.807) is 29.2 Å². The summed E-state index contributed by atoms with van der Waals surface area (Å²) >= 11 is 17.1. The Morgan fingerprint density at radius 2 is 2.15 bits per heavy atom. The van der Waals surface area contributed by atoms with Crippen LogP contribution < -0.4 is 5.32 Å². The first-order valence-electron chi connectivity index (χ1n) is 6.32. The van der Waals surface area contributed by atoms with Crippen molar-refractivity contribution in [3.63, 3.8) is 0 Å². The monoisotopic (exact) mass is 328 g/mol. The summed E-state index contributed by atoms with van der Waals surface area (Å²) in [7, 11) is 0. The van der Waals surface area contributed by atoms with Gasteiger partial charge in [-0.3, -0.25) is 9.69 Å². The highest BCUT2D eigenvalue weighted by molar-refractivity contribution is 7.80. The Hall–Kier alpha value is -1.10. The lowest BCUT2D eigenvalue weighted by molar-refractivity contribution is -0.122. The fourth-order valence-corrected chi connectivity index (χ4v) is 2.61. The largest absolute Gasteiger partial charge is 0.328 e. The molecule has 1 aromatic carbocycles. The summed E-state index contributed by atoms with van der Waals surface area (Å²) in [5.74, 6) is -0.116. The Morgan fingerprint density at radius 1 is 1.40 bits per heavy atom. The van der Waals surface area contributed by atoms with E-state index < -0.39 is 0 Å². The molecule has 1 amide bonds. The first-order chi connectivity index (χ1) is 9.52. The molecule has 0 aliphatic carbocycles. The van der Waals surface area contributed by atoms with Crippen LogP contribution in [0.2, 0.25) is 10.0 Å². The number of benzene rings is 1. The van der Waals surface area contributed by atoms with E-state index in [0.717, 1.165) is 18.4 Å². The molecule has 0 unspecified atom stereocenters. The van der Waals surface area contributed by atoms with Gasteiger partial charge in [-0.15, -0.1) is 0 Å². The molecule has 3 nitrogen and oxygen atoms in total. The molecule has 1 aliphatic rings. The third kappa shape index (κ3) is 3.32. The molecule has 0 aromatic heterocycles. The normalized spacial score (nSPS) is 16.9. The number of hydrogen-bond donors (Lipinski definition) is 1. The Kier molecular flexibility index (Phi) is 5.02. The van der Waals surface area contributed by atoms with Crippen LogP contribution in [0, 0.1) is 0 Å². The van der Waals surface area contributed by atoms with Gasteiger partial charge in [0.05, 0.1) is 0 Å². The zero-order chi connectivity index (χ0) is 14.7. The highest BCUT2D eigenvalue weighted by Crippen LogP contribution is 2.24. The topological polar surface area (TPSA) is 32.3 Å². The van der Waals surface area contributed by atoms with Crippen LogP contribution >= 0.6 is 35.4 Å². The zero-order valence-corrected chi connectivity index (χ0v) is 13.3. The molecular formula is C14H14Cl2N2OS. The third-order valence-electron chi connectivity index (χ3n) is 2.96. The Balaban J connectivity index is 2.23. The van der Waals surface area contributed by atoms with Gasteiger partial charge in [0.1, 0.15) is 5.70 Å². The number of unbranched alkanes of at least 4 members (excludes halogenated alkanes) is 1. The summed E-state index contributed by atoms with van der Waals surface area (Å²) in [5.41, 5.74) is 1.17. The van der Waals surface area contributed by atoms with E-state index >= 15 is 0 Å². The minimum Gasteiger partial charge on any atom is -0.328 e. The molecule has 0 bridgehead atoms. The smallest absolute Gasteiger partial charge is 0.276 e. The number of nitrogens with one attached hydrogen (secondary N) is 1. The van der Waals surface area contributed by atoms with E-state index in [9.17, 15) is 4.79 Å². The van der Waals surface area contributed by atoms with Crippen molar-refractivity contribution in [3.05, 3.63) is 39.5 Å². The highest BCUT2D eigenvalue weighted by Gasteiger charge is 2.29. The van der Waals surface area contributed by atoms with E-state index in [1.165, 1.54) is 0 Å². The second kappa shape index (κ2) is 6.57. The van der Waals surface area contributed by atoms with Gasteiger partial charge in [-0.1, -0.05) is 42.6 Å². The van der Waals surface area contributed by atoms with Crippen LogP contribution in [0.25, 0.3) is 6.08 Å². The van der Waals surface area contributed by atoms with Gasteiger partial charge in [0, 0.05) is 16.6 Å². The SMILES string of the molecule is CCCCN1C(=O)/C(=C\c2ccc(Cl)cc2Cl)NC1=S. The van der Waals surface area contributed by atoms with E-state index in [2.05, 4.69) is 12.2 Å². The quantitative estimate of drug-likeness (QED) is 0.673. The van der Waals surface area contributed by atoms with E-state index in [-0.39, 0.29) is 5.91 Å². The maximum Gasteiger partial charge on any atom is 0.276 e. The van der Waals surface area contributed by atoms with Crippen molar-refractivity contribution < 1.29 is 4.79 Å². The molecule has 0 spiro atoms. The lowest BCUT2D eigenvalue weighted by atomic mass is 10.2. The van der Waals surface area contributed by atoms with Crippen molar-refractivity contribution in [2.75, 3.05) is 6.54 Å². The number of rotatable bonds is 4. The molecule has 1 heterocycles. The summed E-state index contributed by atoms with van der Waals surface area (Å²) in [6, 6.07) is 5.14. The molecular weight excluding hydrogens is 315 g/mol. The van der Waals surface area contributed by atoms with Gasteiger partial charge in [-0.05, 0) is 42.4 Å². The van der Waals surface area contributed by atoms with E-state index in [1.807, 2.05) is 0 Å². The van der Waals surface area contributed by atoms with Crippen LogP contribution in [-0.2, 0) is 4.79 Å². The number of thiocarbonyl (C=S) groups is 1. The molecule has 0 atom stereocenters. The lowest BCUT2D eigenvalue weighted by Crippen LogP contribution is -2.31. The van der Waals surface area contributed by atoms with Gasteiger partial charge < -0.3 is 5.32 Å². The second-order valence-electron chi connectivity index (χ2n) is 4.46. The second-order valence-corrected chi connectivity index (χ2v) is 5.69. The summed E-state index contributed by atoms with van der Waals surface area (Å²) in [5, 5.41) is 4.43. The number of hydrogen-bond acceptors (Lipinski definition) is 2. The fraction of sp³-hybridized carbons (Fsp3) is 0.286. The molecule has 0 saturated carbocycles. The van der Waals surface area contributed by atoms with Crippen LogP contribution in [0.1, 0.15) is 25.3 Å². The molecule has 106 valence electrons. The van der Waals surface area contributed by atoms with Crippen LogP contribution in [-0.4, -0.2) is 22.5 Å². The van der Waals surface area contributed by atoms with Gasteiger partial charge in [0.25, 0.3) is 5.91 Å². The van der Waals surface area contributed by atoms with Crippen LogP contribution in [0.5, 0.6) is 0 Å². The standard InChI is InChI=1S/C14H14Cl2N2OS/c1-2-3-6-18-13(19)12(17-14(18)20)7-9-4-5-10(15)8-11(9)16/h4-5,7-8H,2-3,6H2,1H3,(H,17,20)/b12-7+. The number of halogens is 2. The van der Waals surface area contributed by atoms with Crippen molar-refractivity contribution in [2.45, 2.75) is 19.8 Å². The van der Waals surface area contributed by atoms with Gasteiger partial charge in [0.2, 0.25) is 0 Å². The molecule has 6 heteroatoms. The Morgan fingerprint density at radius 3 is 2.80 bits per heavy atom. The molecule has 1 aliphatic heterocycles. The summed E-state index contributed by atoms with van der Waals surface area (Å²) < 4.78 is 0. The lowest BCUT2D eigenvalue weighted by Gasteiger charge is -2.12. The molecule has 0 radical (unpaired) electrons. The Bertz CT molecular complexity index is 587. The fourth-order valence-electron chi connectivity index (χ4n) is 1.86. The van der Waals surface area contributed by atoms with E-state index in [0.29, 0.717) is 27.4 Å². The Labute approximate surface area is 133 Å². The summed E-state index contributed by atoms with van der Waals surface area (Å²) in [6.45, 7) is 2.70. The predicted octanol–water partition coefficient (Wildman–Crippen LogP) is 3.85. The van der Waals surface area contributed by atoms with Gasteiger partial charge in [0.15, 0.2) is 5.11 Å². The van der Waals surface area contributed by atoms with Gasteiger partial charge >= 0.3 is 0 Å². The number of carbonyl (C=O) groups is 1. The zero-order valence-electron chi connectivity index (χ0n) is 11.0. The van der Waals surface area contributed by atoms with Crippen molar-refractivity contribution >= 4 is 52.5 Å². The summed E-state index contributed by atoms with van der Waals surface area (Å²) in [4.78, 5) is 13.8. The average Bonchev–Trinajstić information content (AvgIpc) is 2.66. The van der Waals surface area contributed by atoms with Gasteiger partial charge in [-0.25, -0.2) is 0 Å². The van der Waals surface area contributed by atoms with Gasteiger partial charge in [-0.2, -0.15) is 0 Å². The number of amides is 1. The maximum absolute atomic E-state index is 12.2. The van der Waals surface area contributed by atoms with Crippen molar-refractivity contribution in [1.29, 1.82) is 0 Å². The van der Waals surface area contributed by atoms with Crippen LogP contribution in [0.3, 0.4) is 0 Å². The molecule has 1 aromatic rings. The minimum atomic E-state index is -0.116. The van der Waals surface area contributed by atoms with Crippen LogP contribution in [0.4, 0.5) is 0 Å². The van der Waals surface area contributed by atoms with E-state index in [4.69, 9.17) is 35.4 Å². The average molecular weight is 329 g/mol. The predicted molar refractivity (Wildman–Crippen MR) is 86.8 cm³/mol. The first kappa shape index (κ1) is 15.3. The first-order valence-corrected chi connectivity index (χ1v) is 7.49. The number of nitrogens with zero attached hydrogens (tertiary/aromatic N) is 1. The minimum absolute atomic E-state index is 0.116. The molecule has 1 N–H and O–H groups in total. The molecule has 20 heavy (non-hydrogen) atoms. The van der Waals surface area contributed by atoms with Crippen molar-refractivity contribution in [2.24, 2.45) is 0 Å². The molecule has 2 rings (SSSR count). The van der Waals surface area contributed by atoms with Crippen molar-refractivity contribution in [1.82, 2.24) is 10.2 Å². The van der Waals surface area contributed by atoms with Crippen LogP contribution in [0.15, 0.2) is 23.9 Å². The number of carbonyl (C=O) groups excluding carboxylic acids is 1. The maximum atomic E-state index is 12.2. The third-order valence-corrected chi connectivity index (χ3v) is 3.84. The summed E-state index contributed by atoms with van der Waals surface area (Å²) in [6.07, 6.45) is 3.62. The molecule has 1 saturated heterocycles. The highest BCUT2D eigenvalue weighted by atomic mass is 35.5. The van der Waals surface area contributed by atoms with Crippen molar-refractivity contribution in [3.8, 4) is 0 Å². The molecule has 1 fully saturated rings.